The van der Waals surface area contributed by atoms with E-state index in [1.54, 1.807) is 6.92 Å². The molecule has 0 aliphatic rings. The summed E-state index contributed by atoms with van der Waals surface area (Å²) >= 11 is 0. The van der Waals surface area contributed by atoms with Crippen molar-refractivity contribution in [3.05, 3.63) is 22.2 Å². The standard InChI is InChI=1S/C11H16N4O4/c1-2-19-10(16)4-3-7-13-9-6-5-8(15(17)18)11(12)14-9/h5-6H,2-4,7H2,1H3,(H3,12,13,14). The van der Waals surface area contributed by atoms with E-state index < -0.39 is 4.92 Å². The Balaban J connectivity index is 2.40. The van der Waals surface area contributed by atoms with Crippen molar-refractivity contribution in [2.45, 2.75) is 19.8 Å². The van der Waals surface area contributed by atoms with Gasteiger partial charge in [0.05, 0.1) is 11.5 Å². The third-order valence-electron chi connectivity index (χ3n) is 2.27. The number of nitrogens with zero attached hydrogens (tertiary/aromatic N) is 2. The van der Waals surface area contributed by atoms with Crippen LogP contribution in [-0.4, -0.2) is 29.0 Å². The van der Waals surface area contributed by atoms with Gasteiger partial charge in [0.25, 0.3) is 0 Å². The monoisotopic (exact) mass is 268 g/mol. The second-order valence-corrected chi connectivity index (χ2v) is 3.69. The lowest BCUT2D eigenvalue weighted by Gasteiger charge is -2.06. The Labute approximate surface area is 110 Å². The van der Waals surface area contributed by atoms with Crippen molar-refractivity contribution in [3.63, 3.8) is 0 Å². The Morgan fingerprint density at radius 3 is 2.89 bits per heavy atom. The normalized spacial score (nSPS) is 9.95. The number of nitrogens with two attached hydrogens (primary N) is 1. The average molecular weight is 268 g/mol. The van der Waals surface area contributed by atoms with Crippen LogP contribution in [0.5, 0.6) is 0 Å². The summed E-state index contributed by atoms with van der Waals surface area (Å²) in [6.45, 7) is 2.62. The topological polar surface area (TPSA) is 120 Å². The molecule has 0 bridgehead atoms. The molecule has 0 amide bonds. The van der Waals surface area contributed by atoms with E-state index in [0.29, 0.717) is 31.8 Å². The molecule has 0 radical (unpaired) electrons. The van der Waals surface area contributed by atoms with Crippen molar-refractivity contribution in [1.29, 1.82) is 0 Å². The van der Waals surface area contributed by atoms with Gasteiger partial charge in [-0.05, 0) is 19.4 Å². The van der Waals surface area contributed by atoms with Crippen LogP contribution in [0.1, 0.15) is 19.8 Å². The van der Waals surface area contributed by atoms with Crippen molar-refractivity contribution in [1.82, 2.24) is 4.98 Å². The van der Waals surface area contributed by atoms with Crippen LogP contribution < -0.4 is 11.1 Å². The molecule has 8 heteroatoms. The van der Waals surface area contributed by atoms with Crippen LogP contribution in [0.4, 0.5) is 17.3 Å². The molecule has 0 spiro atoms. The molecule has 0 aliphatic carbocycles. The number of hydrogen-bond donors (Lipinski definition) is 2. The Morgan fingerprint density at radius 2 is 2.32 bits per heavy atom. The van der Waals surface area contributed by atoms with Gasteiger partial charge in [-0.2, -0.15) is 0 Å². The number of aromatic nitrogens is 1. The van der Waals surface area contributed by atoms with Gasteiger partial charge in [-0.25, -0.2) is 4.98 Å². The Hall–Kier alpha value is -2.38. The number of anilines is 2. The van der Waals surface area contributed by atoms with Crippen molar-refractivity contribution in [2.24, 2.45) is 0 Å². The first-order valence-corrected chi connectivity index (χ1v) is 5.85. The molecule has 0 aliphatic heterocycles. The van der Waals surface area contributed by atoms with Crippen LogP contribution in [-0.2, 0) is 9.53 Å². The van der Waals surface area contributed by atoms with E-state index >= 15 is 0 Å². The van der Waals surface area contributed by atoms with Gasteiger partial charge in [0.2, 0.25) is 5.82 Å². The highest BCUT2D eigenvalue weighted by Crippen LogP contribution is 2.20. The van der Waals surface area contributed by atoms with E-state index in [9.17, 15) is 14.9 Å². The van der Waals surface area contributed by atoms with Gasteiger partial charge in [0.15, 0.2) is 0 Å². The van der Waals surface area contributed by atoms with Crippen molar-refractivity contribution < 1.29 is 14.5 Å². The van der Waals surface area contributed by atoms with Crippen molar-refractivity contribution in [2.75, 3.05) is 24.2 Å². The van der Waals surface area contributed by atoms with Crippen LogP contribution in [0.15, 0.2) is 12.1 Å². The van der Waals surface area contributed by atoms with Crippen LogP contribution in [0.25, 0.3) is 0 Å². The molecule has 0 unspecified atom stereocenters. The summed E-state index contributed by atoms with van der Waals surface area (Å²) in [5.41, 5.74) is 5.22. The SMILES string of the molecule is CCOC(=O)CCCNc1ccc([N+](=O)[O-])c(N)n1. The van der Waals surface area contributed by atoms with Gasteiger partial charge in [-0.15, -0.1) is 0 Å². The maximum atomic E-state index is 11.1. The number of ether oxygens (including phenoxy) is 1. The highest BCUT2D eigenvalue weighted by atomic mass is 16.6. The van der Waals surface area contributed by atoms with E-state index in [1.165, 1.54) is 12.1 Å². The van der Waals surface area contributed by atoms with Crippen LogP contribution in [0.2, 0.25) is 0 Å². The van der Waals surface area contributed by atoms with Gasteiger partial charge in [0, 0.05) is 19.0 Å². The lowest BCUT2D eigenvalue weighted by atomic mass is 10.3. The fourth-order valence-electron chi connectivity index (χ4n) is 1.40. The van der Waals surface area contributed by atoms with E-state index in [-0.39, 0.29) is 17.5 Å². The highest BCUT2D eigenvalue weighted by Gasteiger charge is 2.12. The number of pyridine rings is 1. The molecule has 19 heavy (non-hydrogen) atoms. The zero-order chi connectivity index (χ0) is 14.3. The molecule has 3 N–H and O–H groups in total. The van der Waals surface area contributed by atoms with Crippen LogP contribution in [0, 0.1) is 10.1 Å². The molecule has 0 fully saturated rings. The smallest absolute Gasteiger partial charge is 0.311 e. The number of nitro groups is 1. The summed E-state index contributed by atoms with van der Waals surface area (Å²) in [4.78, 5) is 24.9. The largest absolute Gasteiger partial charge is 0.466 e. The molecule has 0 atom stereocenters. The molecule has 1 rings (SSSR count). The van der Waals surface area contributed by atoms with E-state index in [2.05, 4.69) is 10.3 Å². The molecule has 1 heterocycles. The minimum Gasteiger partial charge on any atom is -0.466 e. The van der Waals surface area contributed by atoms with Gasteiger partial charge in [-0.1, -0.05) is 0 Å². The number of hydrogen-bond acceptors (Lipinski definition) is 7. The number of carbonyl (C=O) groups excluding carboxylic acids is 1. The first kappa shape index (κ1) is 14.7. The van der Waals surface area contributed by atoms with Crippen molar-refractivity contribution >= 4 is 23.3 Å². The number of rotatable bonds is 7. The summed E-state index contributed by atoms with van der Waals surface area (Å²) in [7, 11) is 0. The quantitative estimate of drug-likeness (QED) is 0.331. The second-order valence-electron chi connectivity index (χ2n) is 3.69. The van der Waals surface area contributed by atoms with E-state index in [0.717, 1.165) is 0 Å². The van der Waals surface area contributed by atoms with Gasteiger partial charge < -0.3 is 15.8 Å². The first-order chi connectivity index (χ1) is 9.04. The number of esters is 1. The molecule has 8 nitrogen and oxygen atoms in total. The Morgan fingerprint density at radius 1 is 1.58 bits per heavy atom. The first-order valence-electron chi connectivity index (χ1n) is 5.85. The third-order valence-corrected chi connectivity index (χ3v) is 2.27. The summed E-state index contributed by atoms with van der Waals surface area (Å²) in [6.07, 6.45) is 0.890. The lowest BCUT2D eigenvalue weighted by Crippen LogP contribution is -2.09. The molecule has 1 aromatic heterocycles. The number of carbonyl (C=O) groups is 1. The molecular weight excluding hydrogens is 252 g/mol. The summed E-state index contributed by atoms with van der Waals surface area (Å²) in [5.74, 6) is 0.0489. The van der Waals surface area contributed by atoms with Crippen molar-refractivity contribution in [3.8, 4) is 0 Å². The third kappa shape index (κ3) is 4.78. The molecule has 0 saturated carbocycles. The van der Waals surface area contributed by atoms with Crippen LogP contribution >= 0.6 is 0 Å². The molecule has 1 aromatic rings. The molecule has 104 valence electrons. The number of nitrogens with one attached hydrogen (secondary N) is 1. The fraction of sp³-hybridized carbons (Fsp3) is 0.455. The predicted octanol–water partition coefficient (Wildman–Crippen LogP) is 1.33. The zero-order valence-electron chi connectivity index (χ0n) is 10.6. The predicted molar refractivity (Wildman–Crippen MR) is 69.7 cm³/mol. The van der Waals surface area contributed by atoms with Gasteiger partial charge in [-0.3, -0.25) is 14.9 Å². The fourth-order valence-corrected chi connectivity index (χ4v) is 1.40. The van der Waals surface area contributed by atoms with Crippen LogP contribution in [0.3, 0.4) is 0 Å². The Bertz CT molecular complexity index is 464. The summed E-state index contributed by atoms with van der Waals surface area (Å²) in [5, 5.41) is 13.5. The molecule has 0 saturated heterocycles. The second kappa shape index (κ2) is 7.14. The lowest BCUT2D eigenvalue weighted by molar-refractivity contribution is -0.384. The zero-order valence-corrected chi connectivity index (χ0v) is 10.6. The minimum atomic E-state index is -0.590. The van der Waals surface area contributed by atoms with Gasteiger partial charge in [0.1, 0.15) is 5.82 Å². The van der Waals surface area contributed by atoms with E-state index in [1.807, 2.05) is 0 Å². The molecular formula is C11H16N4O4. The maximum absolute atomic E-state index is 11.1. The highest BCUT2D eigenvalue weighted by molar-refractivity contribution is 5.69. The molecule has 0 aromatic carbocycles. The number of nitrogen functional groups attached to an aromatic ring is 1. The van der Waals surface area contributed by atoms with Gasteiger partial charge >= 0.3 is 11.7 Å². The van der Waals surface area contributed by atoms with E-state index in [4.69, 9.17) is 10.5 Å². The summed E-state index contributed by atoms with van der Waals surface area (Å²) < 4.78 is 4.78. The average Bonchev–Trinajstić information content (AvgIpc) is 2.34. The maximum Gasteiger partial charge on any atom is 0.311 e. The summed E-state index contributed by atoms with van der Waals surface area (Å²) in [6, 6.07) is 2.76. The Kier molecular flexibility index (Phi) is 5.52. The minimum absolute atomic E-state index is 0.139.